The molecule has 4 nitrogen and oxygen atoms in total. The monoisotopic (exact) mass is 234 g/mol. The second kappa shape index (κ2) is 5.31. The van der Waals surface area contributed by atoms with E-state index in [1.54, 1.807) is 6.26 Å². The molecule has 0 saturated carbocycles. The Hall–Kier alpha value is -1.36. The molecule has 1 unspecified atom stereocenters. The highest BCUT2D eigenvalue weighted by Gasteiger charge is 2.10. The van der Waals surface area contributed by atoms with Crippen molar-refractivity contribution in [1.82, 2.24) is 4.90 Å². The Kier molecular flexibility index (Phi) is 3.78. The Balaban J connectivity index is 2.08. The summed E-state index contributed by atoms with van der Waals surface area (Å²) >= 11 is 0. The predicted octanol–water partition coefficient (Wildman–Crippen LogP) is 1.18. The topological polar surface area (TPSA) is 62.6 Å². The molecule has 1 heterocycles. The van der Waals surface area contributed by atoms with Gasteiger partial charge in [-0.05, 0) is 13.1 Å². The quantitative estimate of drug-likeness (QED) is 0.815. The molecule has 0 amide bonds. The molecule has 2 aromatic rings. The van der Waals surface area contributed by atoms with E-state index < -0.39 is 0 Å². The molecule has 0 bridgehead atoms. The van der Waals surface area contributed by atoms with Crippen molar-refractivity contribution >= 4 is 11.0 Å². The van der Waals surface area contributed by atoms with Crippen LogP contribution in [0.5, 0.6) is 0 Å². The minimum atomic E-state index is -0.196. The molecular formula is C13H18N2O2. The van der Waals surface area contributed by atoms with Gasteiger partial charge < -0.3 is 20.2 Å². The zero-order valence-electron chi connectivity index (χ0n) is 9.97. The normalized spacial score (nSPS) is 13.4. The van der Waals surface area contributed by atoms with Gasteiger partial charge in [0, 0.05) is 30.1 Å². The van der Waals surface area contributed by atoms with Crippen LogP contribution in [0.25, 0.3) is 11.0 Å². The van der Waals surface area contributed by atoms with Crippen LogP contribution in [0.2, 0.25) is 0 Å². The van der Waals surface area contributed by atoms with Crippen molar-refractivity contribution in [3.63, 3.8) is 0 Å². The van der Waals surface area contributed by atoms with Crippen molar-refractivity contribution in [2.24, 2.45) is 5.73 Å². The summed E-state index contributed by atoms with van der Waals surface area (Å²) in [4.78, 5) is 2.08. The average molecular weight is 234 g/mol. The average Bonchev–Trinajstić information content (AvgIpc) is 2.72. The molecule has 0 radical (unpaired) electrons. The zero-order chi connectivity index (χ0) is 12.3. The Labute approximate surface area is 101 Å². The molecule has 0 aliphatic carbocycles. The number of fused-ring (bicyclic) bond motifs is 1. The van der Waals surface area contributed by atoms with Gasteiger partial charge in [0.2, 0.25) is 0 Å². The van der Waals surface area contributed by atoms with Crippen molar-refractivity contribution in [3.8, 4) is 0 Å². The molecule has 0 saturated heterocycles. The Morgan fingerprint density at radius 2 is 2.18 bits per heavy atom. The number of nitrogens with two attached hydrogens (primary N) is 1. The standard InChI is InChI=1S/C13H18N2O2/c1-15(7-11(14)8-16)6-10-9-17-13-5-3-2-4-12(10)13/h2-5,9,11,16H,6-8,14H2,1H3. The lowest BCUT2D eigenvalue weighted by Crippen LogP contribution is -2.37. The van der Waals surface area contributed by atoms with Gasteiger partial charge in [-0.3, -0.25) is 0 Å². The number of para-hydroxylation sites is 1. The lowest BCUT2D eigenvalue weighted by molar-refractivity contribution is 0.218. The van der Waals surface area contributed by atoms with Crippen molar-refractivity contribution in [2.75, 3.05) is 20.2 Å². The maximum atomic E-state index is 8.91. The fourth-order valence-electron chi connectivity index (χ4n) is 1.97. The van der Waals surface area contributed by atoms with Gasteiger partial charge in [-0.1, -0.05) is 18.2 Å². The summed E-state index contributed by atoms with van der Waals surface area (Å²) in [5.74, 6) is 0. The van der Waals surface area contributed by atoms with Gasteiger partial charge >= 0.3 is 0 Å². The smallest absolute Gasteiger partial charge is 0.134 e. The van der Waals surface area contributed by atoms with Crippen LogP contribution in [-0.4, -0.2) is 36.2 Å². The lowest BCUT2D eigenvalue weighted by atomic mass is 10.1. The molecule has 1 aromatic carbocycles. The molecule has 3 N–H and O–H groups in total. The third-order valence-electron chi connectivity index (χ3n) is 2.78. The summed E-state index contributed by atoms with van der Waals surface area (Å²) in [6.45, 7) is 1.44. The van der Waals surface area contributed by atoms with Gasteiger partial charge in [-0.25, -0.2) is 0 Å². The predicted molar refractivity (Wildman–Crippen MR) is 67.6 cm³/mol. The minimum absolute atomic E-state index is 0.0104. The maximum absolute atomic E-state index is 8.91. The second-order valence-electron chi connectivity index (χ2n) is 4.40. The van der Waals surface area contributed by atoms with Crippen molar-refractivity contribution < 1.29 is 9.52 Å². The third kappa shape index (κ3) is 2.85. The number of likely N-dealkylation sites (N-methyl/N-ethyl adjacent to an activating group) is 1. The van der Waals surface area contributed by atoms with E-state index in [-0.39, 0.29) is 12.6 Å². The SMILES string of the molecule is CN(Cc1coc2ccccc12)CC(N)CO. The lowest BCUT2D eigenvalue weighted by Gasteiger charge is -2.19. The first kappa shape index (κ1) is 12.1. The number of rotatable bonds is 5. The highest BCUT2D eigenvalue weighted by molar-refractivity contribution is 5.80. The fourth-order valence-corrected chi connectivity index (χ4v) is 1.97. The molecule has 17 heavy (non-hydrogen) atoms. The maximum Gasteiger partial charge on any atom is 0.134 e. The highest BCUT2D eigenvalue weighted by Crippen LogP contribution is 2.21. The molecule has 0 aliphatic rings. The summed E-state index contributed by atoms with van der Waals surface area (Å²) in [5.41, 5.74) is 7.75. The van der Waals surface area contributed by atoms with Gasteiger partial charge in [0.25, 0.3) is 0 Å². The number of nitrogens with zero attached hydrogens (tertiary/aromatic N) is 1. The molecule has 0 spiro atoms. The Morgan fingerprint density at radius 3 is 2.94 bits per heavy atom. The van der Waals surface area contributed by atoms with Crippen LogP contribution in [0.15, 0.2) is 34.9 Å². The van der Waals surface area contributed by atoms with Crippen molar-refractivity contribution in [3.05, 3.63) is 36.1 Å². The number of aliphatic hydroxyl groups excluding tert-OH is 1. The molecule has 0 fully saturated rings. The van der Waals surface area contributed by atoms with E-state index in [1.807, 2.05) is 31.3 Å². The number of benzene rings is 1. The van der Waals surface area contributed by atoms with Crippen molar-refractivity contribution in [2.45, 2.75) is 12.6 Å². The summed E-state index contributed by atoms with van der Waals surface area (Å²) < 4.78 is 5.47. The first-order valence-corrected chi connectivity index (χ1v) is 5.71. The Bertz CT molecular complexity index is 481. The van der Waals surface area contributed by atoms with E-state index in [4.69, 9.17) is 15.3 Å². The van der Waals surface area contributed by atoms with E-state index in [2.05, 4.69) is 4.90 Å². The summed E-state index contributed by atoms with van der Waals surface area (Å²) in [7, 11) is 1.98. The first-order chi connectivity index (χ1) is 8.20. The molecule has 4 heteroatoms. The van der Waals surface area contributed by atoms with E-state index in [0.717, 1.165) is 23.1 Å². The summed E-state index contributed by atoms with van der Waals surface area (Å²) in [5, 5.41) is 10.0. The molecule has 0 aliphatic heterocycles. The highest BCUT2D eigenvalue weighted by atomic mass is 16.3. The largest absolute Gasteiger partial charge is 0.464 e. The number of hydrogen-bond acceptors (Lipinski definition) is 4. The number of furan rings is 1. The van der Waals surface area contributed by atoms with E-state index in [1.165, 1.54) is 0 Å². The molecule has 2 rings (SSSR count). The van der Waals surface area contributed by atoms with Crippen LogP contribution in [0, 0.1) is 0 Å². The van der Waals surface area contributed by atoms with Crippen LogP contribution in [-0.2, 0) is 6.54 Å². The second-order valence-corrected chi connectivity index (χ2v) is 4.40. The molecule has 1 aromatic heterocycles. The van der Waals surface area contributed by atoms with Gasteiger partial charge in [0.05, 0.1) is 12.9 Å². The van der Waals surface area contributed by atoms with E-state index in [0.29, 0.717) is 6.54 Å². The molecule has 1 atom stereocenters. The molecular weight excluding hydrogens is 216 g/mol. The van der Waals surface area contributed by atoms with Gasteiger partial charge in [-0.2, -0.15) is 0 Å². The van der Waals surface area contributed by atoms with Gasteiger partial charge in [-0.15, -0.1) is 0 Å². The minimum Gasteiger partial charge on any atom is -0.464 e. The number of aliphatic hydroxyl groups is 1. The van der Waals surface area contributed by atoms with Crippen LogP contribution >= 0.6 is 0 Å². The third-order valence-corrected chi connectivity index (χ3v) is 2.78. The summed E-state index contributed by atoms with van der Waals surface area (Å²) in [6, 6.07) is 7.77. The van der Waals surface area contributed by atoms with Crippen LogP contribution < -0.4 is 5.73 Å². The zero-order valence-corrected chi connectivity index (χ0v) is 9.97. The van der Waals surface area contributed by atoms with Crippen LogP contribution in [0.4, 0.5) is 0 Å². The van der Waals surface area contributed by atoms with Gasteiger partial charge in [0.1, 0.15) is 5.58 Å². The van der Waals surface area contributed by atoms with Crippen molar-refractivity contribution in [1.29, 1.82) is 0 Å². The van der Waals surface area contributed by atoms with E-state index >= 15 is 0 Å². The van der Waals surface area contributed by atoms with E-state index in [9.17, 15) is 0 Å². The number of hydrogen-bond donors (Lipinski definition) is 2. The summed E-state index contributed by atoms with van der Waals surface area (Å²) in [6.07, 6.45) is 1.78. The van der Waals surface area contributed by atoms with Crippen LogP contribution in [0.3, 0.4) is 0 Å². The molecule has 92 valence electrons. The van der Waals surface area contributed by atoms with Gasteiger partial charge in [0.15, 0.2) is 0 Å². The first-order valence-electron chi connectivity index (χ1n) is 5.71. The van der Waals surface area contributed by atoms with Crippen LogP contribution in [0.1, 0.15) is 5.56 Å². The Morgan fingerprint density at radius 1 is 1.41 bits per heavy atom. The fraction of sp³-hybridized carbons (Fsp3) is 0.385.